The first-order chi connectivity index (χ1) is 11.1. The number of aliphatic carboxylic acids is 1. The minimum atomic E-state index is -1.09. The Labute approximate surface area is 136 Å². The molecule has 3 rings (SSSR count). The molecule has 0 bridgehead atoms. The number of benzene rings is 1. The molecule has 23 heavy (non-hydrogen) atoms. The second-order valence-corrected chi connectivity index (χ2v) is 5.48. The van der Waals surface area contributed by atoms with Gasteiger partial charge >= 0.3 is 5.97 Å². The van der Waals surface area contributed by atoms with Crippen LogP contribution >= 0.6 is 11.6 Å². The average Bonchev–Trinajstić information content (AvgIpc) is 3.04. The maximum Gasteiger partial charge on any atom is 0.328 e. The highest BCUT2D eigenvalue weighted by Gasteiger charge is 2.34. The van der Waals surface area contributed by atoms with Crippen LogP contribution < -0.4 is 0 Å². The average molecular weight is 336 g/mol. The predicted molar refractivity (Wildman–Crippen MR) is 82.3 cm³/mol. The molecule has 2 heterocycles. The smallest absolute Gasteiger partial charge is 0.328 e. The lowest BCUT2D eigenvalue weighted by Crippen LogP contribution is -2.52. The Morgan fingerprint density at radius 3 is 2.91 bits per heavy atom. The molecule has 1 aromatic carbocycles. The zero-order chi connectivity index (χ0) is 16.4. The number of ether oxygens (including phenoxy) is 1. The topological polar surface area (TPSA) is 95.5 Å². The molecule has 7 nitrogen and oxygen atoms in total. The van der Waals surface area contributed by atoms with Crippen LogP contribution in [0.2, 0.25) is 5.02 Å². The Balaban J connectivity index is 1.86. The molecule has 1 saturated heterocycles. The first-order valence-electron chi connectivity index (χ1n) is 7.00. The third-order valence-corrected chi connectivity index (χ3v) is 3.96. The summed E-state index contributed by atoms with van der Waals surface area (Å²) in [5, 5.41) is 16.5. The summed E-state index contributed by atoms with van der Waals surface area (Å²) in [7, 11) is 0. The lowest BCUT2D eigenvalue weighted by Gasteiger charge is -2.32. The number of morpholine rings is 1. The van der Waals surface area contributed by atoms with Crippen molar-refractivity contribution in [1.29, 1.82) is 0 Å². The third-order valence-electron chi connectivity index (χ3n) is 3.63. The first-order valence-corrected chi connectivity index (χ1v) is 7.37. The molecule has 1 aromatic heterocycles. The number of carboxylic acids is 1. The van der Waals surface area contributed by atoms with Crippen LogP contribution in [0.5, 0.6) is 0 Å². The van der Waals surface area contributed by atoms with Crippen LogP contribution in [0, 0.1) is 0 Å². The Kier molecular flexibility index (Phi) is 4.31. The fourth-order valence-electron chi connectivity index (χ4n) is 2.44. The number of aromatic nitrogens is 2. The lowest BCUT2D eigenvalue weighted by atomic mass is 10.1. The standard InChI is InChI=1S/C15H14ClN3O4/c16-10-4-2-1-3-9(10)11-7-12(18-17-11)14(20)19-5-6-23-8-13(19)15(21)22/h1-4,7,13H,5-6,8H2,(H,17,18)(H,21,22)/t13-/m1/s1. The first kappa shape index (κ1) is 15.5. The van der Waals surface area contributed by atoms with E-state index in [9.17, 15) is 14.7 Å². The molecule has 2 N–H and O–H groups in total. The zero-order valence-corrected chi connectivity index (χ0v) is 12.8. The number of carbonyl (C=O) groups excluding carboxylic acids is 1. The van der Waals surface area contributed by atoms with Crippen LogP contribution in [0.15, 0.2) is 30.3 Å². The fourth-order valence-corrected chi connectivity index (χ4v) is 2.68. The molecule has 0 unspecified atom stereocenters. The third kappa shape index (κ3) is 3.06. The summed E-state index contributed by atoms with van der Waals surface area (Å²) in [4.78, 5) is 25.1. The predicted octanol–water partition coefficient (Wildman–Crippen LogP) is 1.66. The van der Waals surface area contributed by atoms with Crippen molar-refractivity contribution in [3.63, 3.8) is 0 Å². The largest absolute Gasteiger partial charge is 0.480 e. The highest BCUT2D eigenvalue weighted by atomic mass is 35.5. The van der Waals surface area contributed by atoms with Gasteiger partial charge in [0.25, 0.3) is 5.91 Å². The van der Waals surface area contributed by atoms with Crippen molar-refractivity contribution in [3.8, 4) is 11.3 Å². The molecular formula is C15H14ClN3O4. The van der Waals surface area contributed by atoms with Crippen LogP contribution in [0.1, 0.15) is 10.5 Å². The number of carbonyl (C=O) groups is 2. The second-order valence-electron chi connectivity index (χ2n) is 5.07. The molecule has 1 fully saturated rings. The maximum atomic E-state index is 12.5. The van der Waals surface area contributed by atoms with Gasteiger partial charge in [0.05, 0.1) is 23.9 Å². The summed E-state index contributed by atoms with van der Waals surface area (Å²) in [6, 6.07) is 7.72. The van der Waals surface area contributed by atoms with Gasteiger partial charge in [0.2, 0.25) is 0 Å². The SMILES string of the molecule is O=C(O)[C@H]1COCCN1C(=O)c1cc(-c2ccccc2Cl)n[nH]1. The van der Waals surface area contributed by atoms with E-state index in [-0.39, 0.29) is 18.8 Å². The molecule has 120 valence electrons. The number of nitrogens with zero attached hydrogens (tertiary/aromatic N) is 2. The molecule has 1 aliphatic rings. The van der Waals surface area contributed by atoms with Gasteiger partial charge in [-0.3, -0.25) is 9.89 Å². The highest BCUT2D eigenvalue weighted by Crippen LogP contribution is 2.26. The summed E-state index contributed by atoms with van der Waals surface area (Å²) in [6.45, 7) is 0.504. The number of hydrogen-bond acceptors (Lipinski definition) is 4. The van der Waals surface area contributed by atoms with Crippen molar-refractivity contribution in [2.24, 2.45) is 0 Å². The molecule has 1 atom stereocenters. The molecule has 0 aliphatic carbocycles. The van der Waals surface area contributed by atoms with E-state index < -0.39 is 17.9 Å². The number of rotatable bonds is 3. The van der Waals surface area contributed by atoms with Crippen LogP contribution in [0.4, 0.5) is 0 Å². The second kappa shape index (κ2) is 6.39. The Morgan fingerprint density at radius 1 is 1.39 bits per heavy atom. The molecule has 0 saturated carbocycles. The van der Waals surface area contributed by atoms with E-state index in [2.05, 4.69) is 10.2 Å². The van der Waals surface area contributed by atoms with Gasteiger partial charge in [0.1, 0.15) is 5.69 Å². The van der Waals surface area contributed by atoms with E-state index in [1.807, 2.05) is 6.07 Å². The van der Waals surface area contributed by atoms with Gasteiger partial charge in [-0.25, -0.2) is 4.79 Å². The molecule has 1 amide bonds. The Hall–Kier alpha value is -2.38. The Morgan fingerprint density at radius 2 is 2.17 bits per heavy atom. The van der Waals surface area contributed by atoms with E-state index in [0.717, 1.165) is 0 Å². The van der Waals surface area contributed by atoms with Crippen LogP contribution in [0.3, 0.4) is 0 Å². The van der Waals surface area contributed by atoms with E-state index in [1.165, 1.54) is 4.90 Å². The minimum Gasteiger partial charge on any atom is -0.480 e. The van der Waals surface area contributed by atoms with Crippen molar-refractivity contribution < 1.29 is 19.4 Å². The fraction of sp³-hybridized carbons (Fsp3) is 0.267. The Bertz CT molecular complexity index is 746. The lowest BCUT2D eigenvalue weighted by molar-refractivity contribution is -0.147. The quantitative estimate of drug-likeness (QED) is 0.889. The number of hydrogen-bond donors (Lipinski definition) is 2. The summed E-state index contributed by atoms with van der Waals surface area (Å²) in [6.07, 6.45) is 0. The highest BCUT2D eigenvalue weighted by molar-refractivity contribution is 6.33. The summed E-state index contributed by atoms with van der Waals surface area (Å²) in [5.41, 5.74) is 1.44. The number of carboxylic acid groups (broad SMARTS) is 1. The molecule has 8 heteroatoms. The van der Waals surface area contributed by atoms with Crippen molar-refractivity contribution in [1.82, 2.24) is 15.1 Å². The number of aromatic amines is 1. The van der Waals surface area contributed by atoms with Gasteiger partial charge in [-0.1, -0.05) is 29.8 Å². The number of halogens is 1. The van der Waals surface area contributed by atoms with Crippen LogP contribution in [-0.4, -0.2) is 57.9 Å². The van der Waals surface area contributed by atoms with Gasteiger partial charge in [0.15, 0.2) is 6.04 Å². The van der Waals surface area contributed by atoms with Crippen molar-refractivity contribution >= 4 is 23.5 Å². The van der Waals surface area contributed by atoms with Gasteiger partial charge < -0.3 is 14.7 Å². The van der Waals surface area contributed by atoms with Gasteiger partial charge in [-0.15, -0.1) is 0 Å². The zero-order valence-electron chi connectivity index (χ0n) is 12.0. The molecule has 1 aliphatic heterocycles. The number of H-pyrrole nitrogens is 1. The summed E-state index contributed by atoms with van der Waals surface area (Å²) < 4.78 is 5.13. The molecule has 2 aromatic rings. The van der Waals surface area contributed by atoms with Crippen molar-refractivity contribution in [2.75, 3.05) is 19.8 Å². The van der Waals surface area contributed by atoms with E-state index in [4.69, 9.17) is 16.3 Å². The van der Waals surface area contributed by atoms with Crippen LogP contribution in [0.25, 0.3) is 11.3 Å². The molecular weight excluding hydrogens is 322 g/mol. The minimum absolute atomic E-state index is 0.0212. The number of amides is 1. The van der Waals surface area contributed by atoms with Gasteiger partial charge in [-0.2, -0.15) is 5.10 Å². The van der Waals surface area contributed by atoms with Crippen LogP contribution in [-0.2, 0) is 9.53 Å². The summed E-state index contributed by atoms with van der Waals surface area (Å²) in [5.74, 6) is -1.52. The van der Waals surface area contributed by atoms with Crippen molar-refractivity contribution in [2.45, 2.75) is 6.04 Å². The number of nitrogens with one attached hydrogen (secondary N) is 1. The maximum absolute atomic E-state index is 12.5. The van der Waals surface area contributed by atoms with Crippen molar-refractivity contribution in [3.05, 3.63) is 41.0 Å². The molecule has 0 radical (unpaired) electrons. The normalized spacial score (nSPS) is 18.0. The van der Waals surface area contributed by atoms with Gasteiger partial charge in [-0.05, 0) is 12.1 Å². The van der Waals surface area contributed by atoms with Gasteiger partial charge in [0, 0.05) is 12.1 Å². The monoisotopic (exact) mass is 335 g/mol. The van der Waals surface area contributed by atoms with E-state index in [0.29, 0.717) is 22.9 Å². The molecule has 0 spiro atoms. The van der Waals surface area contributed by atoms with E-state index >= 15 is 0 Å². The summed E-state index contributed by atoms with van der Waals surface area (Å²) >= 11 is 6.12. The van der Waals surface area contributed by atoms with E-state index in [1.54, 1.807) is 24.3 Å².